The van der Waals surface area contributed by atoms with E-state index in [4.69, 9.17) is 16.3 Å². The monoisotopic (exact) mass is 369 g/mol. The van der Waals surface area contributed by atoms with Gasteiger partial charge in [-0.05, 0) is 58.2 Å². The van der Waals surface area contributed by atoms with Crippen molar-refractivity contribution in [1.29, 1.82) is 0 Å². The number of methoxy groups -OCH3 is 1. The molecule has 5 heteroatoms. The van der Waals surface area contributed by atoms with Crippen LogP contribution in [0.2, 0.25) is 5.02 Å². The fourth-order valence-electron chi connectivity index (χ4n) is 1.93. The number of halogens is 2. The Labute approximate surface area is 138 Å². The van der Waals surface area contributed by atoms with Gasteiger partial charge in [0.2, 0.25) is 0 Å². The number of hydrogen-bond donors (Lipinski definition) is 2. The summed E-state index contributed by atoms with van der Waals surface area (Å²) in [5, 5.41) is 14.1. The minimum Gasteiger partial charge on any atom is -0.497 e. The normalized spacial score (nSPS) is 12.0. The van der Waals surface area contributed by atoms with E-state index >= 15 is 0 Å². The quantitative estimate of drug-likeness (QED) is 0.810. The van der Waals surface area contributed by atoms with Gasteiger partial charge < -0.3 is 15.2 Å². The highest BCUT2D eigenvalue weighted by atomic mass is 79.9. The van der Waals surface area contributed by atoms with Crippen LogP contribution in [0, 0.1) is 6.92 Å². The molecule has 21 heavy (non-hydrogen) atoms. The average molecular weight is 371 g/mol. The van der Waals surface area contributed by atoms with E-state index in [1.165, 1.54) is 0 Å². The molecule has 1 unspecified atom stereocenters. The first-order valence-electron chi connectivity index (χ1n) is 6.53. The van der Waals surface area contributed by atoms with Crippen LogP contribution >= 0.6 is 27.5 Å². The van der Waals surface area contributed by atoms with Crippen molar-refractivity contribution in [3.63, 3.8) is 0 Å². The van der Waals surface area contributed by atoms with Crippen LogP contribution in [0.4, 0.5) is 5.69 Å². The zero-order valence-electron chi connectivity index (χ0n) is 11.9. The van der Waals surface area contributed by atoms with Crippen LogP contribution in [0.1, 0.15) is 17.2 Å². The second kappa shape index (κ2) is 7.16. The largest absolute Gasteiger partial charge is 0.497 e. The number of benzene rings is 2. The van der Waals surface area contributed by atoms with Gasteiger partial charge in [0.25, 0.3) is 0 Å². The highest BCUT2D eigenvalue weighted by Gasteiger charge is 2.09. The summed E-state index contributed by atoms with van der Waals surface area (Å²) in [7, 11) is 1.62. The Kier molecular flexibility index (Phi) is 5.51. The van der Waals surface area contributed by atoms with Gasteiger partial charge in [0, 0.05) is 16.0 Å². The van der Waals surface area contributed by atoms with Crippen LogP contribution < -0.4 is 10.1 Å². The molecule has 0 fully saturated rings. The molecule has 2 aromatic carbocycles. The van der Waals surface area contributed by atoms with Gasteiger partial charge in [-0.1, -0.05) is 23.7 Å². The fraction of sp³-hybridized carbons (Fsp3) is 0.250. The van der Waals surface area contributed by atoms with E-state index in [1.807, 2.05) is 43.3 Å². The highest BCUT2D eigenvalue weighted by molar-refractivity contribution is 9.10. The standard InChI is InChI=1S/C16H17BrClNO2/c1-10-7-13(17)15(8-14(10)18)19-9-16(20)11-3-5-12(21-2)6-4-11/h3-8,16,19-20H,9H2,1-2H3. The molecule has 3 nitrogen and oxygen atoms in total. The average Bonchev–Trinajstić information content (AvgIpc) is 2.49. The second-order valence-corrected chi connectivity index (χ2v) is 6.01. The predicted octanol–water partition coefficient (Wildman–Crippen LogP) is 4.57. The summed E-state index contributed by atoms with van der Waals surface area (Å²) < 4.78 is 6.02. The molecular weight excluding hydrogens is 354 g/mol. The van der Waals surface area contributed by atoms with Crippen molar-refractivity contribution in [3.8, 4) is 5.75 Å². The second-order valence-electron chi connectivity index (χ2n) is 4.75. The number of aryl methyl sites for hydroxylation is 1. The van der Waals surface area contributed by atoms with Gasteiger partial charge >= 0.3 is 0 Å². The van der Waals surface area contributed by atoms with Gasteiger partial charge in [0.05, 0.1) is 18.9 Å². The SMILES string of the molecule is COc1ccc(C(O)CNc2cc(Cl)c(C)cc2Br)cc1. The molecule has 0 aliphatic rings. The molecule has 2 aromatic rings. The van der Waals surface area contributed by atoms with E-state index in [-0.39, 0.29) is 0 Å². The van der Waals surface area contributed by atoms with Crippen molar-refractivity contribution in [3.05, 3.63) is 57.0 Å². The van der Waals surface area contributed by atoms with Crippen molar-refractivity contribution in [1.82, 2.24) is 0 Å². The number of ether oxygens (including phenoxy) is 1. The Morgan fingerprint density at radius 3 is 2.57 bits per heavy atom. The van der Waals surface area contributed by atoms with Gasteiger partial charge in [0.1, 0.15) is 5.75 Å². The van der Waals surface area contributed by atoms with Crippen molar-refractivity contribution in [2.45, 2.75) is 13.0 Å². The summed E-state index contributed by atoms with van der Waals surface area (Å²) in [6, 6.07) is 11.2. The molecule has 0 heterocycles. The number of aliphatic hydroxyl groups is 1. The molecule has 0 radical (unpaired) electrons. The van der Waals surface area contributed by atoms with Gasteiger partial charge in [0.15, 0.2) is 0 Å². The van der Waals surface area contributed by atoms with Gasteiger partial charge in [-0.2, -0.15) is 0 Å². The lowest BCUT2D eigenvalue weighted by atomic mass is 10.1. The van der Waals surface area contributed by atoms with Crippen molar-refractivity contribution >= 4 is 33.2 Å². The maximum absolute atomic E-state index is 10.2. The summed E-state index contributed by atoms with van der Waals surface area (Å²) >= 11 is 9.60. The Balaban J connectivity index is 2.03. The van der Waals surface area contributed by atoms with Crippen LogP contribution in [-0.2, 0) is 0 Å². The van der Waals surface area contributed by atoms with Crippen LogP contribution in [0.5, 0.6) is 5.75 Å². The smallest absolute Gasteiger partial charge is 0.118 e. The Bertz CT molecular complexity index is 616. The molecule has 0 aromatic heterocycles. The van der Waals surface area contributed by atoms with E-state index in [9.17, 15) is 5.11 Å². The zero-order valence-corrected chi connectivity index (χ0v) is 14.2. The molecule has 112 valence electrons. The molecule has 0 aliphatic carbocycles. The molecular formula is C16H17BrClNO2. The molecule has 1 atom stereocenters. The van der Waals surface area contributed by atoms with Crippen molar-refractivity contribution in [2.24, 2.45) is 0 Å². The molecule has 2 N–H and O–H groups in total. The van der Waals surface area contributed by atoms with Crippen LogP contribution in [0.25, 0.3) is 0 Å². The minimum atomic E-state index is -0.608. The first-order valence-corrected chi connectivity index (χ1v) is 7.70. The maximum Gasteiger partial charge on any atom is 0.118 e. The van der Waals surface area contributed by atoms with E-state index in [0.717, 1.165) is 27.0 Å². The summed E-state index contributed by atoms with van der Waals surface area (Å²) in [4.78, 5) is 0. The Morgan fingerprint density at radius 2 is 1.95 bits per heavy atom. The zero-order chi connectivity index (χ0) is 15.4. The number of hydrogen-bond acceptors (Lipinski definition) is 3. The molecule has 0 aliphatic heterocycles. The van der Waals surface area contributed by atoms with Gasteiger partial charge in [-0.15, -0.1) is 0 Å². The molecule has 0 bridgehead atoms. The van der Waals surface area contributed by atoms with Crippen LogP contribution in [0.3, 0.4) is 0 Å². The third kappa shape index (κ3) is 4.13. The van der Waals surface area contributed by atoms with Gasteiger partial charge in [-0.25, -0.2) is 0 Å². The Morgan fingerprint density at radius 1 is 1.29 bits per heavy atom. The predicted molar refractivity (Wildman–Crippen MR) is 90.3 cm³/mol. The fourth-order valence-corrected chi connectivity index (χ4v) is 2.69. The highest BCUT2D eigenvalue weighted by Crippen LogP contribution is 2.29. The number of aliphatic hydroxyl groups excluding tert-OH is 1. The first-order chi connectivity index (χ1) is 10.0. The number of rotatable bonds is 5. The first kappa shape index (κ1) is 16.1. The molecule has 0 spiro atoms. The maximum atomic E-state index is 10.2. The molecule has 2 rings (SSSR count). The lowest BCUT2D eigenvalue weighted by Crippen LogP contribution is -2.12. The molecule has 0 amide bonds. The third-order valence-corrected chi connectivity index (χ3v) is 4.30. The van der Waals surface area contributed by atoms with E-state index in [2.05, 4.69) is 21.2 Å². The van der Waals surface area contributed by atoms with Crippen molar-refractivity contribution < 1.29 is 9.84 Å². The molecule has 0 saturated heterocycles. The lowest BCUT2D eigenvalue weighted by molar-refractivity contribution is 0.191. The summed E-state index contributed by atoms with van der Waals surface area (Å²) in [5.41, 5.74) is 2.69. The number of nitrogens with one attached hydrogen (secondary N) is 1. The summed E-state index contributed by atoms with van der Waals surface area (Å²) in [5.74, 6) is 0.770. The van der Waals surface area contributed by atoms with E-state index < -0.39 is 6.10 Å². The number of anilines is 1. The van der Waals surface area contributed by atoms with Crippen LogP contribution in [0.15, 0.2) is 40.9 Å². The third-order valence-electron chi connectivity index (χ3n) is 3.23. The minimum absolute atomic E-state index is 0.393. The van der Waals surface area contributed by atoms with Crippen LogP contribution in [-0.4, -0.2) is 18.8 Å². The summed E-state index contributed by atoms with van der Waals surface area (Å²) in [6.07, 6.45) is -0.608. The van der Waals surface area contributed by atoms with E-state index in [0.29, 0.717) is 11.6 Å². The molecule has 0 saturated carbocycles. The Hall–Kier alpha value is -1.23. The van der Waals surface area contributed by atoms with E-state index in [1.54, 1.807) is 7.11 Å². The van der Waals surface area contributed by atoms with Crippen molar-refractivity contribution in [2.75, 3.05) is 19.0 Å². The summed E-state index contributed by atoms with van der Waals surface area (Å²) in [6.45, 7) is 2.34. The lowest BCUT2D eigenvalue weighted by Gasteiger charge is -2.15. The van der Waals surface area contributed by atoms with Gasteiger partial charge in [-0.3, -0.25) is 0 Å². The topological polar surface area (TPSA) is 41.5 Å².